The van der Waals surface area contributed by atoms with Crippen LogP contribution in [-0.2, 0) is 20.8 Å². The van der Waals surface area contributed by atoms with Crippen molar-refractivity contribution in [1.82, 2.24) is 10.6 Å². The first-order valence-electron chi connectivity index (χ1n) is 6.61. The van der Waals surface area contributed by atoms with Gasteiger partial charge in [0, 0.05) is 6.54 Å². The molecule has 2 unspecified atom stereocenters. The number of primary amides is 1. The first kappa shape index (κ1) is 15.0. The quantitative estimate of drug-likeness (QED) is 0.572. The summed E-state index contributed by atoms with van der Waals surface area (Å²) in [5.74, 6) is -2.54. The molecule has 0 spiro atoms. The molecule has 1 aliphatic heterocycles. The maximum atomic E-state index is 12.3. The third-order valence-corrected chi connectivity index (χ3v) is 3.39. The van der Waals surface area contributed by atoms with Gasteiger partial charge in [0.2, 0.25) is 11.8 Å². The maximum Gasteiger partial charge on any atom is 0.326 e. The molecule has 1 aromatic carbocycles. The molecule has 0 saturated carbocycles. The number of carbonyl (C=O) groups is 3. The van der Waals surface area contributed by atoms with Crippen LogP contribution in [0.25, 0.3) is 0 Å². The van der Waals surface area contributed by atoms with Gasteiger partial charge in [0.25, 0.3) is 0 Å². The fourth-order valence-electron chi connectivity index (χ4n) is 2.39. The summed E-state index contributed by atoms with van der Waals surface area (Å²) in [5, 5.41) is 14.4. The summed E-state index contributed by atoms with van der Waals surface area (Å²) in [6.45, 7) is 0.628. The Labute approximate surface area is 121 Å². The second kappa shape index (κ2) is 6.36. The summed E-state index contributed by atoms with van der Waals surface area (Å²) in [4.78, 5) is 34.2. The first-order valence-corrected chi connectivity index (χ1v) is 6.61. The largest absolute Gasteiger partial charge is 0.480 e. The van der Waals surface area contributed by atoms with Crippen LogP contribution in [0.1, 0.15) is 23.6 Å². The summed E-state index contributed by atoms with van der Waals surface area (Å²) in [6, 6.07) is 5.55. The Morgan fingerprint density at radius 1 is 1.38 bits per heavy atom. The normalized spacial score (nSPS) is 18.4. The number of hydrogen-bond donors (Lipinski definition) is 4. The van der Waals surface area contributed by atoms with E-state index in [4.69, 9.17) is 10.8 Å². The van der Waals surface area contributed by atoms with Gasteiger partial charge in [-0.05, 0) is 17.5 Å². The van der Waals surface area contributed by atoms with Crippen LogP contribution in [0.4, 0.5) is 0 Å². The van der Waals surface area contributed by atoms with Crippen molar-refractivity contribution in [1.29, 1.82) is 0 Å². The number of amides is 2. The van der Waals surface area contributed by atoms with Crippen molar-refractivity contribution in [2.75, 3.05) is 6.54 Å². The Morgan fingerprint density at radius 2 is 2.10 bits per heavy atom. The Hall–Kier alpha value is -2.41. The number of fused-ring (bicyclic) bond motifs is 1. The summed E-state index contributed by atoms with van der Waals surface area (Å²) in [5.41, 5.74) is 6.87. The van der Waals surface area contributed by atoms with E-state index in [0.717, 1.165) is 17.5 Å². The van der Waals surface area contributed by atoms with E-state index in [2.05, 4.69) is 10.6 Å². The lowest BCUT2D eigenvalue weighted by Gasteiger charge is -2.27. The van der Waals surface area contributed by atoms with E-state index in [1.165, 1.54) is 0 Å². The van der Waals surface area contributed by atoms with E-state index < -0.39 is 36.3 Å². The zero-order valence-electron chi connectivity index (χ0n) is 11.3. The lowest BCUT2D eigenvalue weighted by Crippen LogP contribution is -2.49. The number of carboxylic acid groups (broad SMARTS) is 1. The third kappa shape index (κ3) is 3.57. The highest BCUT2D eigenvalue weighted by molar-refractivity contribution is 5.90. The van der Waals surface area contributed by atoms with Crippen LogP contribution >= 0.6 is 0 Å². The first-order chi connectivity index (χ1) is 9.99. The number of carboxylic acids is 1. The molecule has 21 heavy (non-hydrogen) atoms. The molecule has 0 aromatic heterocycles. The summed E-state index contributed by atoms with van der Waals surface area (Å²) < 4.78 is 0. The molecule has 1 heterocycles. The van der Waals surface area contributed by atoms with E-state index in [0.29, 0.717) is 6.54 Å². The molecule has 1 aliphatic rings. The second-order valence-electron chi connectivity index (χ2n) is 4.91. The monoisotopic (exact) mass is 291 g/mol. The van der Waals surface area contributed by atoms with E-state index in [-0.39, 0.29) is 0 Å². The Morgan fingerprint density at radius 3 is 2.76 bits per heavy atom. The molecule has 2 rings (SSSR count). The fraction of sp³-hybridized carbons (Fsp3) is 0.357. The fourth-order valence-corrected chi connectivity index (χ4v) is 2.39. The van der Waals surface area contributed by atoms with Crippen LogP contribution in [0.2, 0.25) is 0 Å². The van der Waals surface area contributed by atoms with Crippen molar-refractivity contribution in [3.63, 3.8) is 0 Å². The van der Waals surface area contributed by atoms with Crippen LogP contribution < -0.4 is 16.4 Å². The smallest absolute Gasteiger partial charge is 0.326 e. The molecule has 1 aromatic rings. The average Bonchev–Trinajstić information content (AvgIpc) is 2.45. The SMILES string of the molecule is NC(=O)CC(NC(=O)C1NCCc2ccccc21)C(=O)O. The van der Waals surface area contributed by atoms with Gasteiger partial charge >= 0.3 is 5.97 Å². The van der Waals surface area contributed by atoms with Gasteiger partial charge in [0.05, 0.1) is 6.42 Å². The molecule has 0 bridgehead atoms. The van der Waals surface area contributed by atoms with Gasteiger partial charge in [-0.2, -0.15) is 0 Å². The van der Waals surface area contributed by atoms with Crippen molar-refractivity contribution in [2.24, 2.45) is 5.73 Å². The lowest BCUT2D eigenvalue weighted by molar-refractivity contribution is -0.143. The Kier molecular flexibility index (Phi) is 4.54. The highest BCUT2D eigenvalue weighted by atomic mass is 16.4. The van der Waals surface area contributed by atoms with Gasteiger partial charge in [-0.3, -0.25) is 9.59 Å². The zero-order chi connectivity index (χ0) is 15.4. The lowest BCUT2D eigenvalue weighted by atomic mass is 9.93. The molecule has 2 atom stereocenters. The number of carbonyl (C=O) groups excluding carboxylic acids is 2. The molecule has 0 fully saturated rings. The standard InChI is InChI=1S/C14H17N3O4/c15-11(18)7-10(14(20)21)17-13(19)12-9-4-2-1-3-8(9)5-6-16-12/h1-4,10,12,16H,5-7H2,(H2,15,18)(H,17,19)(H,20,21). The van der Waals surface area contributed by atoms with Crippen LogP contribution in [0.15, 0.2) is 24.3 Å². The summed E-state index contributed by atoms with van der Waals surface area (Å²) in [6.07, 6.45) is 0.374. The number of aliphatic carboxylic acids is 1. The maximum absolute atomic E-state index is 12.3. The molecule has 7 heteroatoms. The number of rotatable bonds is 5. The van der Waals surface area contributed by atoms with Crippen molar-refractivity contribution in [3.05, 3.63) is 35.4 Å². The Balaban J connectivity index is 2.13. The zero-order valence-corrected chi connectivity index (χ0v) is 11.3. The Bertz CT molecular complexity index is 573. The summed E-state index contributed by atoms with van der Waals surface area (Å²) in [7, 11) is 0. The van der Waals surface area contributed by atoms with E-state index in [1.54, 1.807) is 0 Å². The molecule has 5 N–H and O–H groups in total. The van der Waals surface area contributed by atoms with Crippen LogP contribution in [0.5, 0.6) is 0 Å². The molecule has 0 aliphatic carbocycles. The van der Waals surface area contributed by atoms with Crippen molar-refractivity contribution in [2.45, 2.75) is 24.9 Å². The highest BCUT2D eigenvalue weighted by Gasteiger charge is 2.30. The predicted molar refractivity (Wildman–Crippen MR) is 74.3 cm³/mol. The number of nitrogens with one attached hydrogen (secondary N) is 2. The number of benzene rings is 1. The molecule has 2 amide bonds. The van der Waals surface area contributed by atoms with Crippen molar-refractivity contribution in [3.8, 4) is 0 Å². The minimum Gasteiger partial charge on any atom is -0.480 e. The second-order valence-corrected chi connectivity index (χ2v) is 4.91. The minimum atomic E-state index is -1.31. The molecule has 0 radical (unpaired) electrons. The van der Waals surface area contributed by atoms with Gasteiger partial charge in [-0.15, -0.1) is 0 Å². The van der Waals surface area contributed by atoms with E-state index >= 15 is 0 Å². The molecule has 0 saturated heterocycles. The van der Waals surface area contributed by atoms with Crippen molar-refractivity contribution >= 4 is 17.8 Å². The number of hydrogen-bond acceptors (Lipinski definition) is 4. The third-order valence-electron chi connectivity index (χ3n) is 3.39. The van der Waals surface area contributed by atoms with Crippen LogP contribution in [0.3, 0.4) is 0 Å². The molecular weight excluding hydrogens is 274 g/mol. The van der Waals surface area contributed by atoms with Gasteiger partial charge in [0.15, 0.2) is 0 Å². The molecular formula is C14H17N3O4. The van der Waals surface area contributed by atoms with E-state index in [9.17, 15) is 14.4 Å². The van der Waals surface area contributed by atoms with Gasteiger partial charge in [-0.25, -0.2) is 4.79 Å². The van der Waals surface area contributed by atoms with Crippen molar-refractivity contribution < 1.29 is 19.5 Å². The number of nitrogens with two attached hydrogens (primary N) is 1. The minimum absolute atomic E-state index is 0.435. The van der Waals surface area contributed by atoms with Gasteiger partial charge in [-0.1, -0.05) is 24.3 Å². The molecule has 112 valence electrons. The average molecular weight is 291 g/mol. The molecule has 7 nitrogen and oxygen atoms in total. The highest BCUT2D eigenvalue weighted by Crippen LogP contribution is 2.22. The van der Waals surface area contributed by atoms with E-state index in [1.807, 2.05) is 24.3 Å². The van der Waals surface area contributed by atoms with Crippen LogP contribution in [-0.4, -0.2) is 35.5 Å². The summed E-state index contributed by atoms with van der Waals surface area (Å²) >= 11 is 0. The van der Waals surface area contributed by atoms with Gasteiger partial charge < -0.3 is 21.5 Å². The van der Waals surface area contributed by atoms with Crippen LogP contribution in [0, 0.1) is 0 Å². The predicted octanol–water partition coefficient (Wildman–Crippen LogP) is -0.682. The topological polar surface area (TPSA) is 122 Å². The van der Waals surface area contributed by atoms with Gasteiger partial charge in [0.1, 0.15) is 12.1 Å².